The summed E-state index contributed by atoms with van der Waals surface area (Å²) >= 11 is 0. The first-order chi connectivity index (χ1) is 14.9. The molecule has 1 atom stereocenters. The lowest BCUT2D eigenvalue weighted by Gasteiger charge is -2.26. The number of aliphatic imine (C=N–C) groups is 1. The molecular formula is C24H36N4O3. The van der Waals surface area contributed by atoms with Crippen LogP contribution >= 0.6 is 0 Å². The number of morpholine rings is 1. The first-order valence-corrected chi connectivity index (χ1v) is 11.1. The van der Waals surface area contributed by atoms with Crippen LogP contribution < -0.4 is 10.6 Å². The second-order valence-electron chi connectivity index (χ2n) is 8.35. The molecule has 0 bridgehead atoms. The van der Waals surface area contributed by atoms with Crippen molar-refractivity contribution in [1.29, 1.82) is 0 Å². The van der Waals surface area contributed by atoms with Crippen molar-refractivity contribution >= 4 is 5.96 Å². The van der Waals surface area contributed by atoms with Crippen molar-refractivity contribution in [3.05, 3.63) is 58.5 Å². The van der Waals surface area contributed by atoms with Crippen molar-refractivity contribution in [2.24, 2.45) is 4.99 Å². The largest absolute Gasteiger partial charge is 0.466 e. The van der Waals surface area contributed by atoms with E-state index in [1.807, 2.05) is 26.8 Å². The SMILES string of the molecule is CCNC(=NCc1ccc(CN2CCOCC2)cc1)NCC(C)(O)c1cc(C)oc1C. The van der Waals surface area contributed by atoms with E-state index in [-0.39, 0.29) is 0 Å². The van der Waals surface area contributed by atoms with Crippen LogP contribution in [0.1, 0.15) is 42.1 Å². The quantitative estimate of drug-likeness (QED) is 0.443. The van der Waals surface area contributed by atoms with Crippen molar-refractivity contribution in [2.75, 3.05) is 39.4 Å². The number of aliphatic hydroxyl groups is 1. The topological polar surface area (TPSA) is 82.3 Å². The van der Waals surface area contributed by atoms with Crippen LogP contribution in [0.5, 0.6) is 0 Å². The van der Waals surface area contributed by atoms with Crippen LogP contribution in [-0.2, 0) is 23.4 Å². The van der Waals surface area contributed by atoms with E-state index in [9.17, 15) is 5.11 Å². The highest BCUT2D eigenvalue weighted by atomic mass is 16.5. The summed E-state index contributed by atoms with van der Waals surface area (Å²) in [4.78, 5) is 7.10. The van der Waals surface area contributed by atoms with Gasteiger partial charge in [-0.1, -0.05) is 24.3 Å². The molecule has 0 saturated carbocycles. The summed E-state index contributed by atoms with van der Waals surface area (Å²) in [6.07, 6.45) is 0. The molecule has 170 valence electrons. The van der Waals surface area contributed by atoms with Crippen molar-refractivity contribution in [3.8, 4) is 0 Å². The Kier molecular flexibility index (Phi) is 8.12. The first-order valence-electron chi connectivity index (χ1n) is 11.1. The maximum atomic E-state index is 10.9. The summed E-state index contributed by atoms with van der Waals surface area (Å²) in [5, 5.41) is 17.4. The van der Waals surface area contributed by atoms with Crippen molar-refractivity contribution in [1.82, 2.24) is 15.5 Å². The average Bonchev–Trinajstić information content (AvgIpc) is 3.11. The molecule has 3 rings (SSSR count). The molecule has 7 heteroatoms. The van der Waals surface area contributed by atoms with Crippen LogP contribution in [0.15, 0.2) is 39.7 Å². The van der Waals surface area contributed by atoms with Gasteiger partial charge < -0.3 is 24.9 Å². The normalized spacial score (nSPS) is 17.4. The Bertz CT molecular complexity index is 852. The number of aryl methyl sites for hydroxylation is 2. The summed E-state index contributed by atoms with van der Waals surface area (Å²) in [6, 6.07) is 10.5. The number of guanidine groups is 1. The van der Waals surface area contributed by atoms with Crippen LogP contribution in [-0.4, -0.2) is 55.4 Å². The zero-order valence-electron chi connectivity index (χ0n) is 19.2. The zero-order chi connectivity index (χ0) is 22.3. The Labute approximate surface area is 185 Å². The number of hydrogen-bond acceptors (Lipinski definition) is 5. The summed E-state index contributed by atoms with van der Waals surface area (Å²) in [6.45, 7) is 13.8. The van der Waals surface area contributed by atoms with Gasteiger partial charge in [0.2, 0.25) is 0 Å². The third-order valence-electron chi connectivity index (χ3n) is 5.52. The number of nitrogens with one attached hydrogen (secondary N) is 2. The molecule has 7 nitrogen and oxygen atoms in total. The van der Waals surface area contributed by atoms with Gasteiger partial charge in [0.15, 0.2) is 5.96 Å². The van der Waals surface area contributed by atoms with Gasteiger partial charge in [-0.2, -0.15) is 0 Å². The van der Waals surface area contributed by atoms with Crippen LogP contribution in [0.25, 0.3) is 0 Å². The molecule has 31 heavy (non-hydrogen) atoms. The standard InChI is InChI=1S/C24H36N4O3/c1-5-25-23(27-17-24(4,29)22-14-18(2)31-19(22)3)26-15-20-6-8-21(9-7-20)16-28-10-12-30-13-11-28/h6-9,14,29H,5,10-13,15-17H2,1-4H3,(H2,25,26,27). The third-order valence-corrected chi connectivity index (χ3v) is 5.52. The van der Waals surface area contributed by atoms with Gasteiger partial charge in [0.1, 0.15) is 17.1 Å². The molecule has 1 saturated heterocycles. The first kappa shape index (κ1) is 23.3. The molecule has 0 amide bonds. The number of rotatable bonds is 8. The number of nitrogens with zero attached hydrogens (tertiary/aromatic N) is 2. The lowest BCUT2D eigenvalue weighted by molar-refractivity contribution is 0.0342. The van der Waals surface area contributed by atoms with Gasteiger partial charge in [-0.15, -0.1) is 0 Å². The average molecular weight is 429 g/mol. The van der Waals surface area contributed by atoms with Gasteiger partial charge >= 0.3 is 0 Å². The fourth-order valence-corrected chi connectivity index (χ4v) is 3.80. The van der Waals surface area contributed by atoms with E-state index in [2.05, 4.69) is 44.8 Å². The molecule has 0 radical (unpaired) electrons. The van der Waals surface area contributed by atoms with Crippen molar-refractivity contribution < 1.29 is 14.3 Å². The van der Waals surface area contributed by atoms with E-state index in [0.29, 0.717) is 19.0 Å². The van der Waals surface area contributed by atoms with Gasteiger partial charge in [0, 0.05) is 31.7 Å². The molecular weight excluding hydrogens is 392 g/mol. The predicted octanol–water partition coefficient (Wildman–Crippen LogP) is 2.69. The summed E-state index contributed by atoms with van der Waals surface area (Å²) in [7, 11) is 0. The molecule has 2 heterocycles. The van der Waals surface area contributed by atoms with E-state index in [1.54, 1.807) is 6.92 Å². The van der Waals surface area contributed by atoms with Crippen LogP contribution in [0.3, 0.4) is 0 Å². The van der Waals surface area contributed by atoms with Crippen LogP contribution in [0.4, 0.5) is 0 Å². The highest BCUT2D eigenvalue weighted by Crippen LogP contribution is 2.26. The van der Waals surface area contributed by atoms with Gasteiger partial charge in [-0.05, 0) is 44.9 Å². The van der Waals surface area contributed by atoms with E-state index < -0.39 is 5.60 Å². The lowest BCUT2D eigenvalue weighted by atomic mass is 9.96. The van der Waals surface area contributed by atoms with E-state index in [1.165, 1.54) is 5.56 Å². The van der Waals surface area contributed by atoms with E-state index in [0.717, 1.165) is 62.0 Å². The third kappa shape index (κ3) is 6.82. The van der Waals surface area contributed by atoms with Crippen LogP contribution in [0, 0.1) is 13.8 Å². The molecule has 2 aromatic rings. The number of furan rings is 1. The van der Waals surface area contributed by atoms with Gasteiger partial charge in [-0.3, -0.25) is 4.90 Å². The second kappa shape index (κ2) is 10.8. The maximum absolute atomic E-state index is 10.9. The minimum absolute atomic E-state index is 0.330. The van der Waals surface area contributed by atoms with E-state index >= 15 is 0 Å². The molecule has 3 N–H and O–H groups in total. The van der Waals surface area contributed by atoms with Gasteiger partial charge in [0.05, 0.1) is 26.3 Å². The number of ether oxygens (including phenoxy) is 1. The summed E-state index contributed by atoms with van der Waals surface area (Å²) in [5.74, 6) is 2.21. The molecule has 0 spiro atoms. The monoisotopic (exact) mass is 428 g/mol. The number of benzene rings is 1. The van der Waals surface area contributed by atoms with Crippen LogP contribution in [0.2, 0.25) is 0 Å². The minimum atomic E-state index is -1.06. The Morgan fingerprint density at radius 3 is 2.42 bits per heavy atom. The minimum Gasteiger partial charge on any atom is -0.466 e. The van der Waals surface area contributed by atoms with Gasteiger partial charge in [-0.25, -0.2) is 4.99 Å². The molecule has 1 aromatic heterocycles. The van der Waals surface area contributed by atoms with E-state index in [4.69, 9.17) is 9.15 Å². The zero-order valence-corrected chi connectivity index (χ0v) is 19.2. The molecule has 0 aliphatic carbocycles. The highest BCUT2D eigenvalue weighted by molar-refractivity contribution is 5.79. The summed E-state index contributed by atoms with van der Waals surface area (Å²) in [5.41, 5.74) is 2.20. The highest BCUT2D eigenvalue weighted by Gasteiger charge is 2.27. The predicted molar refractivity (Wildman–Crippen MR) is 123 cm³/mol. The van der Waals surface area contributed by atoms with Crippen molar-refractivity contribution in [2.45, 2.75) is 46.4 Å². The Morgan fingerprint density at radius 1 is 1.13 bits per heavy atom. The molecule has 1 aromatic carbocycles. The fraction of sp³-hybridized carbons (Fsp3) is 0.542. The fourth-order valence-electron chi connectivity index (χ4n) is 3.80. The maximum Gasteiger partial charge on any atom is 0.191 e. The van der Waals surface area contributed by atoms with Gasteiger partial charge in [0.25, 0.3) is 0 Å². The Balaban J connectivity index is 1.56. The van der Waals surface area contributed by atoms with Crippen molar-refractivity contribution in [3.63, 3.8) is 0 Å². The smallest absolute Gasteiger partial charge is 0.191 e. The second-order valence-corrected chi connectivity index (χ2v) is 8.35. The number of hydrogen-bond donors (Lipinski definition) is 3. The Hall–Kier alpha value is -2.35. The Morgan fingerprint density at radius 2 is 1.81 bits per heavy atom. The lowest BCUT2D eigenvalue weighted by Crippen LogP contribution is -2.44. The molecule has 1 unspecified atom stereocenters. The molecule has 1 fully saturated rings. The summed E-state index contributed by atoms with van der Waals surface area (Å²) < 4.78 is 11.0. The molecule has 1 aliphatic heterocycles. The molecule has 1 aliphatic rings.